The fraction of sp³-hybridized carbons (Fsp3) is 0.357. The van der Waals surface area contributed by atoms with Gasteiger partial charge in [0.05, 0.1) is 16.8 Å². The van der Waals surface area contributed by atoms with E-state index in [1.54, 1.807) is 30.3 Å². The molecule has 8 heteroatoms. The minimum absolute atomic E-state index is 0.185. The molecule has 3 aromatic rings. The summed E-state index contributed by atoms with van der Waals surface area (Å²) in [6.45, 7) is 6.30. The zero-order chi connectivity index (χ0) is 26.3. The molecule has 0 fully saturated rings. The SMILES string of the molecule is CCCCOC(CC)(CC)C(=O)Oc1cnc(-c2ccc(F)cc2)c(-c2ccc(S(C)(=O)=O)cc2)c1. The number of hydrogen-bond acceptors (Lipinski definition) is 6. The Morgan fingerprint density at radius 3 is 2.14 bits per heavy atom. The summed E-state index contributed by atoms with van der Waals surface area (Å²) in [7, 11) is -3.37. The first-order chi connectivity index (χ1) is 17.1. The second-order valence-electron chi connectivity index (χ2n) is 8.66. The Morgan fingerprint density at radius 2 is 1.58 bits per heavy atom. The van der Waals surface area contributed by atoms with Gasteiger partial charge in [-0.05, 0) is 67.3 Å². The zero-order valence-electron chi connectivity index (χ0n) is 21.1. The van der Waals surface area contributed by atoms with Gasteiger partial charge in [-0.1, -0.05) is 39.3 Å². The summed E-state index contributed by atoms with van der Waals surface area (Å²) in [6, 6.07) is 13.9. The van der Waals surface area contributed by atoms with E-state index in [1.165, 1.54) is 30.5 Å². The minimum atomic E-state index is -3.37. The topological polar surface area (TPSA) is 82.6 Å². The molecule has 0 bridgehead atoms. The van der Waals surface area contributed by atoms with Gasteiger partial charge in [0, 0.05) is 24.0 Å². The summed E-state index contributed by atoms with van der Waals surface area (Å²) in [5, 5.41) is 0. The summed E-state index contributed by atoms with van der Waals surface area (Å²) >= 11 is 0. The number of carbonyl (C=O) groups is 1. The molecule has 1 aromatic heterocycles. The Kier molecular flexibility index (Phi) is 8.98. The second-order valence-corrected chi connectivity index (χ2v) is 10.7. The molecule has 0 saturated carbocycles. The lowest BCUT2D eigenvalue weighted by molar-refractivity contribution is -0.164. The van der Waals surface area contributed by atoms with Crippen molar-refractivity contribution in [1.82, 2.24) is 4.98 Å². The highest BCUT2D eigenvalue weighted by atomic mass is 32.2. The average molecular weight is 514 g/mol. The number of rotatable bonds is 11. The van der Waals surface area contributed by atoms with E-state index in [0.717, 1.165) is 19.1 Å². The summed E-state index contributed by atoms with van der Waals surface area (Å²) in [4.78, 5) is 17.9. The molecular formula is C28H32FNO5S. The monoisotopic (exact) mass is 513 g/mol. The van der Waals surface area contributed by atoms with Crippen LogP contribution in [0, 0.1) is 5.82 Å². The molecule has 0 aliphatic rings. The molecule has 0 radical (unpaired) electrons. The van der Waals surface area contributed by atoms with E-state index in [4.69, 9.17) is 9.47 Å². The maximum absolute atomic E-state index is 13.5. The lowest BCUT2D eigenvalue weighted by Crippen LogP contribution is -2.43. The van der Waals surface area contributed by atoms with Crippen molar-refractivity contribution in [3.05, 3.63) is 66.6 Å². The third-order valence-corrected chi connectivity index (χ3v) is 7.30. The number of pyridine rings is 1. The number of unbranched alkanes of at least 4 members (excludes halogenated alkanes) is 1. The molecule has 1 heterocycles. The quantitative estimate of drug-likeness (QED) is 0.223. The number of carbonyl (C=O) groups excluding carboxylic acids is 1. The number of benzene rings is 2. The maximum atomic E-state index is 13.5. The fourth-order valence-corrected chi connectivity index (χ4v) is 4.49. The highest BCUT2D eigenvalue weighted by Gasteiger charge is 2.38. The van der Waals surface area contributed by atoms with Crippen molar-refractivity contribution in [1.29, 1.82) is 0 Å². The predicted octanol–water partition coefficient (Wildman–Crippen LogP) is 6.24. The first-order valence-corrected chi connectivity index (χ1v) is 14.0. The van der Waals surface area contributed by atoms with Crippen LogP contribution in [0.4, 0.5) is 4.39 Å². The van der Waals surface area contributed by atoms with Crippen LogP contribution in [0.15, 0.2) is 65.7 Å². The van der Waals surface area contributed by atoms with Crippen molar-refractivity contribution < 1.29 is 27.1 Å². The van der Waals surface area contributed by atoms with Gasteiger partial charge in [-0.3, -0.25) is 4.98 Å². The second kappa shape index (κ2) is 11.8. The van der Waals surface area contributed by atoms with Crippen LogP contribution in [-0.4, -0.2) is 37.8 Å². The largest absolute Gasteiger partial charge is 0.423 e. The van der Waals surface area contributed by atoms with Crippen molar-refractivity contribution in [3.63, 3.8) is 0 Å². The first kappa shape index (κ1) is 27.5. The molecule has 0 amide bonds. The lowest BCUT2D eigenvalue weighted by Gasteiger charge is -2.29. The predicted molar refractivity (Wildman–Crippen MR) is 138 cm³/mol. The standard InChI is InChI=1S/C28H32FNO5S/c1-5-8-17-34-28(6-2,7-3)27(31)35-23-18-25(20-11-15-24(16-12-20)36(4,32)33)26(30-19-23)21-9-13-22(29)14-10-21/h9-16,18-19H,5-8,17H2,1-4H3. The van der Waals surface area contributed by atoms with Gasteiger partial charge in [-0.15, -0.1) is 0 Å². The van der Waals surface area contributed by atoms with Crippen LogP contribution in [-0.2, 0) is 19.4 Å². The van der Waals surface area contributed by atoms with Gasteiger partial charge in [0.1, 0.15) is 11.6 Å². The van der Waals surface area contributed by atoms with Crippen LogP contribution in [0.3, 0.4) is 0 Å². The molecule has 0 aliphatic carbocycles. The molecule has 0 unspecified atom stereocenters. The van der Waals surface area contributed by atoms with Gasteiger partial charge in [0.15, 0.2) is 15.4 Å². The van der Waals surface area contributed by atoms with E-state index < -0.39 is 21.4 Å². The average Bonchev–Trinajstić information content (AvgIpc) is 2.87. The van der Waals surface area contributed by atoms with Gasteiger partial charge in [-0.25, -0.2) is 17.6 Å². The number of nitrogens with zero attached hydrogens (tertiary/aromatic N) is 1. The van der Waals surface area contributed by atoms with Gasteiger partial charge in [0.2, 0.25) is 0 Å². The van der Waals surface area contributed by atoms with Crippen molar-refractivity contribution in [3.8, 4) is 28.1 Å². The molecule has 3 rings (SSSR count). The van der Waals surface area contributed by atoms with E-state index in [-0.39, 0.29) is 16.5 Å². The Balaban J connectivity index is 2.03. The van der Waals surface area contributed by atoms with Crippen molar-refractivity contribution in [2.75, 3.05) is 12.9 Å². The van der Waals surface area contributed by atoms with Gasteiger partial charge in [-0.2, -0.15) is 0 Å². The van der Waals surface area contributed by atoms with Crippen LogP contribution >= 0.6 is 0 Å². The molecule has 0 aliphatic heterocycles. The van der Waals surface area contributed by atoms with Gasteiger partial charge in [0.25, 0.3) is 0 Å². The Hall–Kier alpha value is -3.10. The molecule has 0 N–H and O–H groups in total. The molecule has 0 atom stereocenters. The number of hydrogen-bond donors (Lipinski definition) is 0. The fourth-order valence-electron chi connectivity index (χ4n) is 3.85. The van der Waals surface area contributed by atoms with E-state index in [0.29, 0.717) is 41.8 Å². The molecule has 0 saturated heterocycles. The number of sulfone groups is 1. The molecular weight excluding hydrogens is 481 g/mol. The third kappa shape index (κ3) is 6.36. The van der Waals surface area contributed by atoms with Crippen molar-refractivity contribution in [2.24, 2.45) is 0 Å². The van der Waals surface area contributed by atoms with Crippen molar-refractivity contribution >= 4 is 15.8 Å². The highest BCUT2D eigenvalue weighted by molar-refractivity contribution is 7.90. The van der Waals surface area contributed by atoms with E-state index in [1.807, 2.05) is 13.8 Å². The van der Waals surface area contributed by atoms with Crippen LogP contribution in [0.2, 0.25) is 0 Å². The Bertz CT molecular complexity index is 1280. The van der Waals surface area contributed by atoms with Crippen LogP contribution in [0.25, 0.3) is 22.4 Å². The van der Waals surface area contributed by atoms with Crippen LogP contribution in [0.5, 0.6) is 5.75 Å². The summed E-state index contributed by atoms with van der Waals surface area (Å²) in [6.07, 6.45) is 5.32. The normalized spacial score (nSPS) is 11.9. The number of esters is 1. The third-order valence-electron chi connectivity index (χ3n) is 6.17. The summed E-state index contributed by atoms with van der Waals surface area (Å²) < 4.78 is 49.1. The molecule has 36 heavy (non-hydrogen) atoms. The molecule has 0 spiro atoms. The van der Waals surface area contributed by atoms with E-state index >= 15 is 0 Å². The summed E-state index contributed by atoms with van der Waals surface area (Å²) in [5.41, 5.74) is 1.43. The zero-order valence-corrected chi connectivity index (χ0v) is 21.9. The van der Waals surface area contributed by atoms with E-state index in [9.17, 15) is 17.6 Å². The van der Waals surface area contributed by atoms with Gasteiger partial charge < -0.3 is 9.47 Å². The maximum Gasteiger partial charge on any atom is 0.343 e. The summed E-state index contributed by atoms with van der Waals surface area (Å²) in [5.74, 6) is -0.626. The minimum Gasteiger partial charge on any atom is -0.423 e. The van der Waals surface area contributed by atoms with Gasteiger partial charge >= 0.3 is 5.97 Å². The van der Waals surface area contributed by atoms with Crippen LogP contribution in [0.1, 0.15) is 46.5 Å². The van der Waals surface area contributed by atoms with E-state index in [2.05, 4.69) is 11.9 Å². The number of halogens is 1. The lowest BCUT2D eigenvalue weighted by atomic mass is 9.97. The van der Waals surface area contributed by atoms with Crippen LogP contribution < -0.4 is 4.74 Å². The smallest absolute Gasteiger partial charge is 0.343 e. The molecule has 2 aromatic carbocycles. The highest BCUT2D eigenvalue weighted by Crippen LogP contribution is 2.34. The molecule has 6 nitrogen and oxygen atoms in total. The Morgan fingerprint density at radius 1 is 0.972 bits per heavy atom. The Labute approximate surface area is 212 Å². The molecule has 192 valence electrons. The first-order valence-electron chi connectivity index (χ1n) is 12.1. The number of ether oxygens (including phenoxy) is 2. The van der Waals surface area contributed by atoms with Crippen molar-refractivity contribution in [2.45, 2.75) is 57.0 Å². The number of aromatic nitrogens is 1.